The van der Waals surface area contributed by atoms with Crippen LogP contribution < -0.4 is 0 Å². The van der Waals surface area contributed by atoms with Gasteiger partial charge in [-0.2, -0.15) is 5.10 Å². The SMILES string of the molecule is Cc1cccc(-n2nc(C)c(C(=O)N3CCCCCC3)c2-n2cccc2)c1. The van der Waals surface area contributed by atoms with Gasteiger partial charge in [-0.1, -0.05) is 25.0 Å². The van der Waals surface area contributed by atoms with E-state index in [0.717, 1.165) is 43.1 Å². The Hall–Kier alpha value is -2.82. The Bertz CT molecular complexity index is 931. The number of carbonyl (C=O) groups is 1. The van der Waals surface area contributed by atoms with Crippen LogP contribution >= 0.6 is 0 Å². The maximum atomic E-state index is 13.5. The summed E-state index contributed by atoms with van der Waals surface area (Å²) in [6.45, 7) is 5.67. The number of hydrogen-bond donors (Lipinski definition) is 0. The predicted octanol–water partition coefficient (Wildman–Crippen LogP) is 4.30. The van der Waals surface area contributed by atoms with Gasteiger partial charge in [0.2, 0.25) is 0 Å². The van der Waals surface area contributed by atoms with Crippen molar-refractivity contribution in [2.45, 2.75) is 39.5 Å². The summed E-state index contributed by atoms with van der Waals surface area (Å²) in [4.78, 5) is 15.5. The number of nitrogens with zero attached hydrogens (tertiary/aromatic N) is 4. The molecule has 2 aromatic heterocycles. The normalized spacial score (nSPS) is 15.0. The van der Waals surface area contributed by atoms with Gasteiger partial charge >= 0.3 is 0 Å². The molecule has 1 aliphatic heterocycles. The number of likely N-dealkylation sites (tertiary alicyclic amines) is 1. The van der Waals surface area contributed by atoms with Crippen molar-refractivity contribution in [1.82, 2.24) is 19.2 Å². The van der Waals surface area contributed by atoms with Gasteiger partial charge in [0.1, 0.15) is 5.56 Å². The number of rotatable bonds is 3. The molecule has 3 aromatic rings. The summed E-state index contributed by atoms with van der Waals surface area (Å²) < 4.78 is 3.89. The molecule has 27 heavy (non-hydrogen) atoms. The molecule has 3 heterocycles. The van der Waals surface area contributed by atoms with Crippen LogP contribution in [0, 0.1) is 13.8 Å². The van der Waals surface area contributed by atoms with Gasteiger partial charge in [-0.15, -0.1) is 0 Å². The zero-order chi connectivity index (χ0) is 18.8. The molecule has 5 nitrogen and oxygen atoms in total. The third-order valence-electron chi connectivity index (χ3n) is 5.24. The van der Waals surface area contributed by atoms with Crippen LogP contribution in [-0.2, 0) is 0 Å². The maximum absolute atomic E-state index is 13.5. The number of aromatic nitrogens is 3. The molecule has 0 aliphatic carbocycles. The van der Waals surface area contributed by atoms with E-state index >= 15 is 0 Å². The number of benzene rings is 1. The Labute approximate surface area is 160 Å². The highest BCUT2D eigenvalue weighted by Gasteiger charge is 2.27. The molecular weight excluding hydrogens is 336 g/mol. The van der Waals surface area contributed by atoms with Gasteiger partial charge in [0.25, 0.3) is 5.91 Å². The average molecular weight is 362 g/mol. The Balaban J connectivity index is 1.85. The highest BCUT2D eigenvalue weighted by Crippen LogP contribution is 2.26. The predicted molar refractivity (Wildman–Crippen MR) is 107 cm³/mol. The molecule has 1 aromatic carbocycles. The van der Waals surface area contributed by atoms with Crippen LogP contribution in [0.1, 0.15) is 47.3 Å². The molecule has 0 N–H and O–H groups in total. The van der Waals surface area contributed by atoms with Gasteiger partial charge in [0.15, 0.2) is 5.82 Å². The van der Waals surface area contributed by atoms with E-state index in [-0.39, 0.29) is 5.91 Å². The third-order valence-corrected chi connectivity index (χ3v) is 5.24. The van der Waals surface area contributed by atoms with E-state index in [1.165, 1.54) is 18.4 Å². The first kappa shape index (κ1) is 17.6. The molecule has 0 unspecified atom stereocenters. The van der Waals surface area contributed by atoms with E-state index in [0.29, 0.717) is 5.56 Å². The number of carbonyl (C=O) groups excluding carboxylic acids is 1. The molecule has 1 amide bonds. The second kappa shape index (κ2) is 7.43. The van der Waals surface area contributed by atoms with Crippen LogP contribution in [0.15, 0.2) is 48.8 Å². The molecule has 1 fully saturated rings. The summed E-state index contributed by atoms with van der Waals surface area (Å²) in [7, 11) is 0. The summed E-state index contributed by atoms with van der Waals surface area (Å²) in [5.41, 5.74) is 3.61. The van der Waals surface area contributed by atoms with E-state index in [9.17, 15) is 4.79 Å². The zero-order valence-electron chi connectivity index (χ0n) is 16.1. The molecule has 0 radical (unpaired) electrons. The highest BCUT2D eigenvalue weighted by molar-refractivity contribution is 5.98. The van der Waals surface area contributed by atoms with Crippen molar-refractivity contribution in [3.63, 3.8) is 0 Å². The van der Waals surface area contributed by atoms with E-state index in [1.54, 1.807) is 0 Å². The van der Waals surface area contributed by atoms with Crippen LogP contribution in [-0.4, -0.2) is 38.2 Å². The van der Waals surface area contributed by atoms with Crippen molar-refractivity contribution < 1.29 is 4.79 Å². The summed E-state index contributed by atoms with van der Waals surface area (Å²) in [6.07, 6.45) is 8.51. The van der Waals surface area contributed by atoms with Crippen LogP contribution in [0.5, 0.6) is 0 Å². The van der Waals surface area contributed by atoms with Crippen molar-refractivity contribution >= 4 is 5.91 Å². The van der Waals surface area contributed by atoms with Crippen molar-refractivity contribution in [3.05, 3.63) is 65.6 Å². The topological polar surface area (TPSA) is 43.1 Å². The van der Waals surface area contributed by atoms with Crippen molar-refractivity contribution in [1.29, 1.82) is 0 Å². The van der Waals surface area contributed by atoms with Gasteiger partial charge in [-0.05, 0) is 56.5 Å². The second-order valence-corrected chi connectivity index (χ2v) is 7.33. The van der Waals surface area contributed by atoms with E-state index in [4.69, 9.17) is 5.10 Å². The lowest BCUT2D eigenvalue weighted by Crippen LogP contribution is -2.32. The molecular formula is C22H26N4O. The minimum Gasteiger partial charge on any atom is -0.338 e. The Kier molecular flexibility index (Phi) is 4.84. The van der Waals surface area contributed by atoms with Crippen molar-refractivity contribution in [3.8, 4) is 11.5 Å². The lowest BCUT2D eigenvalue weighted by molar-refractivity contribution is 0.0761. The maximum Gasteiger partial charge on any atom is 0.259 e. The smallest absolute Gasteiger partial charge is 0.259 e. The fourth-order valence-electron chi connectivity index (χ4n) is 3.85. The fraction of sp³-hybridized carbons (Fsp3) is 0.364. The minimum absolute atomic E-state index is 0.0944. The standard InChI is InChI=1S/C22H26N4O/c1-17-10-9-11-19(16-17)26-21(24-12-7-8-13-24)20(18(2)23-26)22(27)25-14-5-3-4-6-15-25/h7-13,16H,3-6,14-15H2,1-2H3. The summed E-state index contributed by atoms with van der Waals surface area (Å²) >= 11 is 0. The number of amides is 1. The zero-order valence-corrected chi connectivity index (χ0v) is 16.1. The van der Waals surface area contributed by atoms with Crippen LogP contribution in [0.3, 0.4) is 0 Å². The molecule has 5 heteroatoms. The summed E-state index contributed by atoms with van der Waals surface area (Å²) in [5, 5.41) is 4.77. The summed E-state index contributed by atoms with van der Waals surface area (Å²) in [5.74, 6) is 0.911. The van der Waals surface area contributed by atoms with Gasteiger partial charge in [-0.25, -0.2) is 4.68 Å². The molecule has 140 valence electrons. The average Bonchev–Trinajstić information content (AvgIpc) is 3.20. The number of hydrogen-bond acceptors (Lipinski definition) is 2. The van der Waals surface area contributed by atoms with Crippen molar-refractivity contribution in [2.75, 3.05) is 13.1 Å². The van der Waals surface area contributed by atoms with Gasteiger partial charge < -0.3 is 9.47 Å². The van der Waals surface area contributed by atoms with E-state index in [2.05, 4.69) is 19.1 Å². The molecule has 1 saturated heterocycles. The van der Waals surface area contributed by atoms with Crippen LogP contribution in [0.25, 0.3) is 11.5 Å². The quantitative estimate of drug-likeness (QED) is 0.697. The molecule has 0 bridgehead atoms. The first-order valence-corrected chi connectivity index (χ1v) is 9.74. The van der Waals surface area contributed by atoms with Crippen molar-refractivity contribution in [2.24, 2.45) is 0 Å². The minimum atomic E-state index is 0.0944. The van der Waals surface area contributed by atoms with E-state index in [1.807, 2.05) is 57.7 Å². The van der Waals surface area contributed by atoms with Crippen LogP contribution in [0.2, 0.25) is 0 Å². The van der Waals surface area contributed by atoms with Gasteiger partial charge in [-0.3, -0.25) is 4.79 Å². The molecule has 1 aliphatic rings. The lowest BCUT2D eigenvalue weighted by Gasteiger charge is -2.21. The Morgan fingerprint density at radius 2 is 1.67 bits per heavy atom. The van der Waals surface area contributed by atoms with Gasteiger partial charge in [0.05, 0.1) is 11.4 Å². The first-order valence-electron chi connectivity index (χ1n) is 9.74. The van der Waals surface area contributed by atoms with Crippen LogP contribution in [0.4, 0.5) is 0 Å². The number of aryl methyl sites for hydroxylation is 2. The monoisotopic (exact) mass is 362 g/mol. The largest absolute Gasteiger partial charge is 0.338 e. The van der Waals surface area contributed by atoms with Gasteiger partial charge in [0, 0.05) is 25.5 Å². The fourth-order valence-corrected chi connectivity index (χ4v) is 3.85. The molecule has 4 rings (SSSR count). The van der Waals surface area contributed by atoms with E-state index < -0.39 is 0 Å². The second-order valence-electron chi connectivity index (χ2n) is 7.33. The molecule has 0 atom stereocenters. The summed E-state index contributed by atoms with van der Waals surface area (Å²) in [6, 6.07) is 12.2. The lowest BCUT2D eigenvalue weighted by atomic mass is 10.2. The molecule has 0 saturated carbocycles. The Morgan fingerprint density at radius 1 is 0.963 bits per heavy atom. The highest BCUT2D eigenvalue weighted by atomic mass is 16.2. The molecule has 0 spiro atoms. The third kappa shape index (κ3) is 3.42. The Morgan fingerprint density at radius 3 is 2.33 bits per heavy atom. The first-order chi connectivity index (χ1) is 13.1.